The summed E-state index contributed by atoms with van der Waals surface area (Å²) in [5, 5.41) is 14.3. The number of likely N-dealkylation sites (tertiary alicyclic amines) is 1. The number of benzene rings is 3. The molecule has 1 spiro atoms. The van der Waals surface area contributed by atoms with Crippen LogP contribution >= 0.6 is 11.6 Å². The Morgan fingerprint density at radius 1 is 1.09 bits per heavy atom. The average molecular weight is 495 g/mol. The monoisotopic (exact) mass is 494 g/mol. The molecule has 2 amide bonds. The Labute approximate surface area is 207 Å². The maximum atomic E-state index is 14.3. The lowest BCUT2D eigenvalue weighted by atomic mass is 9.74. The van der Waals surface area contributed by atoms with Gasteiger partial charge in [0.2, 0.25) is 0 Å². The van der Waals surface area contributed by atoms with E-state index in [0.29, 0.717) is 23.8 Å². The van der Waals surface area contributed by atoms with Crippen LogP contribution in [0.3, 0.4) is 0 Å². The fourth-order valence-corrected chi connectivity index (χ4v) is 5.32. The second-order valence-electron chi connectivity index (χ2n) is 9.17. The Morgan fingerprint density at radius 3 is 2.51 bits per heavy atom. The molecule has 0 bridgehead atoms. The molecule has 35 heavy (non-hydrogen) atoms. The number of hydrogen-bond acceptors (Lipinski definition) is 4. The highest BCUT2D eigenvalue weighted by atomic mass is 35.5. The van der Waals surface area contributed by atoms with Crippen molar-refractivity contribution in [2.45, 2.75) is 24.8 Å². The molecule has 0 aliphatic carbocycles. The van der Waals surface area contributed by atoms with Crippen molar-refractivity contribution in [1.29, 1.82) is 0 Å². The molecule has 1 fully saturated rings. The van der Waals surface area contributed by atoms with Gasteiger partial charge in [0.15, 0.2) is 0 Å². The van der Waals surface area contributed by atoms with Crippen molar-refractivity contribution in [3.8, 4) is 0 Å². The predicted octanol–water partition coefficient (Wildman–Crippen LogP) is 5.97. The maximum Gasteiger partial charge on any atom is 0.326 e. The minimum atomic E-state index is -0.403. The van der Waals surface area contributed by atoms with Gasteiger partial charge in [-0.25, -0.2) is 9.18 Å². The summed E-state index contributed by atoms with van der Waals surface area (Å²) >= 11 is 6.06. The fraction of sp³-hybridized carbons (Fsp3) is 0.269. The first-order chi connectivity index (χ1) is 16.8. The normalized spacial score (nSPS) is 16.8. The molecule has 2 heterocycles. The van der Waals surface area contributed by atoms with Crippen LogP contribution in [0.5, 0.6) is 0 Å². The smallest absolute Gasteiger partial charge is 0.307 e. The zero-order valence-corrected chi connectivity index (χ0v) is 19.7. The number of nitro benzene ring substituents is 1. The Bertz CT molecular complexity index is 1280. The number of nitrogens with one attached hydrogen (secondary N) is 1. The first kappa shape index (κ1) is 23.3. The van der Waals surface area contributed by atoms with E-state index in [4.69, 9.17) is 11.6 Å². The van der Waals surface area contributed by atoms with Gasteiger partial charge in [0, 0.05) is 47.0 Å². The van der Waals surface area contributed by atoms with Gasteiger partial charge in [-0.3, -0.25) is 19.9 Å². The zero-order valence-electron chi connectivity index (χ0n) is 18.9. The summed E-state index contributed by atoms with van der Waals surface area (Å²) in [6, 6.07) is 17.9. The number of hydrogen-bond donors (Lipinski definition) is 1. The van der Waals surface area contributed by atoms with Crippen LogP contribution in [-0.2, 0) is 12.0 Å². The number of urea groups is 1. The Morgan fingerprint density at radius 2 is 1.83 bits per heavy atom. The van der Waals surface area contributed by atoms with Gasteiger partial charge >= 0.3 is 6.03 Å². The van der Waals surface area contributed by atoms with Crippen LogP contribution in [0.4, 0.5) is 26.2 Å². The third-order valence-corrected chi connectivity index (χ3v) is 7.20. The van der Waals surface area contributed by atoms with Gasteiger partial charge in [-0.05, 0) is 73.5 Å². The summed E-state index contributed by atoms with van der Waals surface area (Å²) < 4.78 is 14.3. The quantitative estimate of drug-likeness (QED) is 0.358. The van der Waals surface area contributed by atoms with Crippen molar-refractivity contribution in [1.82, 2.24) is 4.90 Å². The molecule has 0 atom stereocenters. The Balaban J connectivity index is 1.31. The van der Waals surface area contributed by atoms with Gasteiger partial charge in [0.25, 0.3) is 5.69 Å². The van der Waals surface area contributed by atoms with E-state index in [-0.39, 0.29) is 23.0 Å². The molecule has 180 valence electrons. The average Bonchev–Trinajstić information content (AvgIpc) is 3.14. The van der Waals surface area contributed by atoms with Crippen LogP contribution in [0, 0.1) is 15.9 Å². The molecule has 2 aliphatic rings. The molecule has 3 aromatic carbocycles. The highest BCUT2D eigenvalue weighted by molar-refractivity contribution is 6.30. The molecular weight excluding hydrogens is 471 g/mol. The van der Waals surface area contributed by atoms with Crippen molar-refractivity contribution < 1.29 is 14.1 Å². The number of carbonyl (C=O) groups excluding carboxylic acids is 1. The summed E-state index contributed by atoms with van der Waals surface area (Å²) in [7, 11) is 0. The van der Waals surface area contributed by atoms with Crippen LogP contribution in [0.15, 0.2) is 66.7 Å². The first-order valence-corrected chi connectivity index (χ1v) is 11.8. The third kappa shape index (κ3) is 4.72. The minimum absolute atomic E-state index is 0.0760. The highest BCUT2D eigenvalue weighted by Gasteiger charge is 2.46. The van der Waals surface area contributed by atoms with Crippen LogP contribution in [0.2, 0.25) is 5.02 Å². The lowest BCUT2D eigenvalue weighted by Gasteiger charge is -2.40. The van der Waals surface area contributed by atoms with Crippen LogP contribution in [0.25, 0.3) is 0 Å². The van der Waals surface area contributed by atoms with Gasteiger partial charge in [0.05, 0.1) is 4.92 Å². The number of carbonyl (C=O) groups is 1. The minimum Gasteiger partial charge on any atom is -0.307 e. The third-order valence-electron chi connectivity index (χ3n) is 6.97. The van der Waals surface area contributed by atoms with Crippen LogP contribution < -0.4 is 10.2 Å². The molecule has 0 aromatic heterocycles. The SMILES string of the molecule is O=C(Nc1cccc(Cl)c1)N1CC2(CCN(Cc3ccc([N+](=O)[O-])cc3)CC2)c2cc(F)ccc21. The second-order valence-corrected chi connectivity index (χ2v) is 9.60. The van der Waals surface area contributed by atoms with Gasteiger partial charge < -0.3 is 5.32 Å². The van der Waals surface area contributed by atoms with E-state index < -0.39 is 4.92 Å². The summed E-state index contributed by atoms with van der Waals surface area (Å²) in [5.41, 5.74) is 2.96. The van der Waals surface area contributed by atoms with E-state index in [0.717, 1.165) is 42.7 Å². The highest BCUT2D eigenvalue weighted by Crippen LogP contribution is 2.47. The maximum absolute atomic E-state index is 14.3. The molecule has 0 radical (unpaired) electrons. The number of anilines is 2. The molecule has 9 heteroatoms. The summed E-state index contributed by atoms with van der Waals surface area (Å²) in [6.07, 6.45) is 1.55. The number of non-ortho nitro benzene ring substituents is 1. The van der Waals surface area contributed by atoms with Crippen molar-refractivity contribution in [3.63, 3.8) is 0 Å². The van der Waals surface area contributed by atoms with Crippen LogP contribution in [0.1, 0.15) is 24.0 Å². The van der Waals surface area contributed by atoms with Crippen molar-refractivity contribution >= 4 is 34.7 Å². The fourth-order valence-electron chi connectivity index (χ4n) is 5.13. The number of amides is 2. The van der Waals surface area contributed by atoms with E-state index in [2.05, 4.69) is 10.2 Å². The van der Waals surface area contributed by atoms with Gasteiger partial charge in [-0.1, -0.05) is 29.8 Å². The van der Waals surface area contributed by atoms with Crippen LogP contribution in [-0.4, -0.2) is 35.5 Å². The number of rotatable bonds is 4. The van der Waals surface area contributed by atoms with Gasteiger partial charge in [0.1, 0.15) is 5.82 Å². The number of nitro groups is 1. The number of fused-ring (bicyclic) bond motifs is 2. The predicted molar refractivity (Wildman–Crippen MR) is 134 cm³/mol. The summed E-state index contributed by atoms with van der Waals surface area (Å²) in [6.45, 7) is 2.71. The Kier molecular flexibility index (Phi) is 6.17. The van der Waals surface area contributed by atoms with E-state index in [1.165, 1.54) is 18.2 Å². The number of piperidine rings is 1. The standard InChI is InChI=1S/C26H24ClFN4O3/c27-19-2-1-3-21(14-19)29-25(33)31-17-26(23-15-20(28)6-9-24(23)31)10-12-30(13-11-26)16-18-4-7-22(8-5-18)32(34)35/h1-9,14-15H,10-13,16-17H2,(H,29,33). The van der Waals surface area contributed by atoms with Crippen molar-refractivity contribution in [2.24, 2.45) is 0 Å². The van der Waals surface area contributed by atoms with E-state index >= 15 is 0 Å². The van der Waals surface area contributed by atoms with E-state index in [1.54, 1.807) is 53.4 Å². The molecule has 7 nitrogen and oxygen atoms in total. The molecule has 5 rings (SSSR count). The lowest BCUT2D eigenvalue weighted by Crippen LogP contribution is -2.46. The lowest BCUT2D eigenvalue weighted by molar-refractivity contribution is -0.384. The van der Waals surface area contributed by atoms with Gasteiger partial charge in [-0.15, -0.1) is 0 Å². The number of halogens is 2. The molecule has 2 aliphatic heterocycles. The van der Waals surface area contributed by atoms with E-state index in [9.17, 15) is 19.3 Å². The van der Waals surface area contributed by atoms with Crippen molar-refractivity contribution in [3.05, 3.63) is 98.8 Å². The zero-order chi connectivity index (χ0) is 24.6. The summed E-state index contributed by atoms with van der Waals surface area (Å²) in [5.74, 6) is -0.312. The summed E-state index contributed by atoms with van der Waals surface area (Å²) in [4.78, 5) is 27.7. The van der Waals surface area contributed by atoms with E-state index in [1.807, 2.05) is 0 Å². The topological polar surface area (TPSA) is 78.7 Å². The number of nitrogens with zero attached hydrogens (tertiary/aromatic N) is 3. The Hall–Kier alpha value is -3.49. The molecule has 3 aromatic rings. The molecule has 0 unspecified atom stereocenters. The molecule has 1 N–H and O–H groups in total. The molecule has 0 saturated carbocycles. The molecule has 1 saturated heterocycles. The molecular formula is C26H24ClFN4O3. The van der Waals surface area contributed by atoms with Crippen molar-refractivity contribution in [2.75, 3.05) is 29.9 Å². The van der Waals surface area contributed by atoms with Gasteiger partial charge in [-0.2, -0.15) is 0 Å². The largest absolute Gasteiger partial charge is 0.326 e. The first-order valence-electron chi connectivity index (χ1n) is 11.4. The second kappa shape index (κ2) is 9.28.